The van der Waals surface area contributed by atoms with Crippen molar-refractivity contribution in [2.45, 2.75) is 45.6 Å². The van der Waals surface area contributed by atoms with Crippen LogP contribution in [0.15, 0.2) is 12.7 Å². The van der Waals surface area contributed by atoms with Crippen LogP contribution in [0.3, 0.4) is 0 Å². The van der Waals surface area contributed by atoms with E-state index in [4.69, 9.17) is 4.74 Å². The second-order valence-electron chi connectivity index (χ2n) is 4.52. The molecule has 1 N–H and O–H groups in total. The minimum atomic E-state index is -0.648. The van der Waals surface area contributed by atoms with Crippen molar-refractivity contribution < 1.29 is 14.6 Å². The van der Waals surface area contributed by atoms with E-state index in [0.29, 0.717) is 6.42 Å². The van der Waals surface area contributed by atoms with E-state index in [1.807, 2.05) is 6.92 Å². The maximum absolute atomic E-state index is 11.3. The molecule has 0 heterocycles. The Morgan fingerprint density at radius 3 is 2.67 bits per heavy atom. The van der Waals surface area contributed by atoms with Gasteiger partial charge in [-0.15, -0.1) is 0 Å². The predicted molar refractivity (Wildman–Crippen MR) is 60.5 cm³/mol. The van der Waals surface area contributed by atoms with Gasteiger partial charge in [-0.1, -0.05) is 19.6 Å². The zero-order valence-electron chi connectivity index (χ0n) is 9.95. The largest absolute Gasteiger partial charge is 0.461 e. The second kappa shape index (κ2) is 6.62. The highest BCUT2D eigenvalue weighted by atomic mass is 16.5. The molecule has 0 spiro atoms. The summed E-state index contributed by atoms with van der Waals surface area (Å²) in [6.07, 6.45) is 3.83. The van der Waals surface area contributed by atoms with Gasteiger partial charge in [-0.2, -0.15) is 0 Å². The number of carbonyl (C=O) groups is 1. The minimum absolute atomic E-state index is 0.104. The second-order valence-corrected chi connectivity index (χ2v) is 4.52. The number of hydrogen-bond donors (Lipinski definition) is 1. The third-order valence-corrected chi connectivity index (χ3v) is 2.17. The fraction of sp³-hybridized carbons (Fsp3) is 0.750. The van der Waals surface area contributed by atoms with E-state index in [1.165, 1.54) is 0 Å². The molecule has 0 aliphatic rings. The molecular formula is C12H22O3. The number of hydrogen-bond acceptors (Lipinski definition) is 3. The van der Waals surface area contributed by atoms with Crippen molar-refractivity contribution in [2.75, 3.05) is 6.61 Å². The highest BCUT2D eigenvalue weighted by Crippen LogP contribution is 2.16. The summed E-state index contributed by atoms with van der Waals surface area (Å²) in [6, 6.07) is 0. The maximum atomic E-state index is 11.3. The van der Waals surface area contributed by atoms with E-state index in [-0.39, 0.29) is 18.5 Å². The van der Waals surface area contributed by atoms with Crippen LogP contribution in [0, 0.1) is 5.92 Å². The topological polar surface area (TPSA) is 46.5 Å². The Hall–Kier alpha value is -0.830. The van der Waals surface area contributed by atoms with Gasteiger partial charge in [-0.25, -0.2) is 0 Å². The molecule has 1 atom stereocenters. The fourth-order valence-corrected chi connectivity index (χ4v) is 1.24. The summed E-state index contributed by atoms with van der Waals surface area (Å²) in [5, 5.41) is 9.48. The highest BCUT2D eigenvalue weighted by molar-refractivity contribution is 5.71. The first kappa shape index (κ1) is 14.2. The van der Waals surface area contributed by atoms with E-state index in [1.54, 1.807) is 19.9 Å². The van der Waals surface area contributed by atoms with E-state index < -0.39 is 5.60 Å². The lowest BCUT2D eigenvalue weighted by Gasteiger charge is -2.17. The van der Waals surface area contributed by atoms with Crippen LogP contribution < -0.4 is 0 Å². The van der Waals surface area contributed by atoms with Crippen LogP contribution >= 0.6 is 0 Å². The Kier molecular flexibility index (Phi) is 6.25. The van der Waals surface area contributed by atoms with Gasteiger partial charge in [-0.05, 0) is 33.1 Å². The van der Waals surface area contributed by atoms with Crippen molar-refractivity contribution in [1.82, 2.24) is 0 Å². The standard InChI is InChI=1S/C12H22O3/c1-5-9-15-11(13)10(2)7-6-8-12(3,4)14/h5,10,14H,1,6-9H2,2-4H3. The van der Waals surface area contributed by atoms with E-state index in [0.717, 1.165) is 12.8 Å². The van der Waals surface area contributed by atoms with Crippen LogP contribution in [-0.4, -0.2) is 23.3 Å². The first-order valence-corrected chi connectivity index (χ1v) is 5.36. The molecule has 0 rings (SSSR count). The molecule has 3 nitrogen and oxygen atoms in total. The van der Waals surface area contributed by atoms with Gasteiger partial charge in [0.05, 0.1) is 11.5 Å². The molecule has 0 saturated heterocycles. The van der Waals surface area contributed by atoms with Crippen molar-refractivity contribution in [3.05, 3.63) is 12.7 Å². The van der Waals surface area contributed by atoms with E-state index in [2.05, 4.69) is 6.58 Å². The van der Waals surface area contributed by atoms with Crippen LogP contribution in [0.2, 0.25) is 0 Å². The minimum Gasteiger partial charge on any atom is -0.461 e. The molecule has 3 heteroatoms. The molecule has 0 bridgehead atoms. The Labute approximate surface area is 92.1 Å². The zero-order chi connectivity index (χ0) is 11.9. The van der Waals surface area contributed by atoms with Crippen LogP contribution in [0.4, 0.5) is 0 Å². The average molecular weight is 214 g/mol. The first-order chi connectivity index (χ1) is 6.87. The fourth-order valence-electron chi connectivity index (χ4n) is 1.24. The van der Waals surface area contributed by atoms with Gasteiger partial charge in [0.25, 0.3) is 0 Å². The average Bonchev–Trinajstić information content (AvgIpc) is 2.11. The van der Waals surface area contributed by atoms with E-state index in [9.17, 15) is 9.90 Å². The third kappa shape index (κ3) is 8.18. The van der Waals surface area contributed by atoms with Crippen molar-refractivity contribution in [3.8, 4) is 0 Å². The molecule has 0 aromatic heterocycles. The zero-order valence-corrected chi connectivity index (χ0v) is 9.95. The lowest BCUT2D eigenvalue weighted by molar-refractivity contribution is -0.147. The van der Waals surface area contributed by atoms with Crippen molar-refractivity contribution in [1.29, 1.82) is 0 Å². The van der Waals surface area contributed by atoms with Gasteiger partial charge in [0.15, 0.2) is 0 Å². The smallest absolute Gasteiger partial charge is 0.308 e. The van der Waals surface area contributed by atoms with Crippen LogP contribution in [0.1, 0.15) is 40.0 Å². The first-order valence-electron chi connectivity index (χ1n) is 5.36. The molecule has 1 unspecified atom stereocenters. The lowest BCUT2D eigenvalue weighted by atomic mass is 9.97. The number of ether oxygens (including phenoxy) is 1. The Bertz CT molecular complexity index is 203. The molecule has 88 valence electrons. The van der Waals surface area contributed by atoms with Crippen molar-refractivity contribution >= 4 is 5.97 Å². The summed E-state index contributed by atoms with van der Waals surface area (Å²) in [7, 11) is 0. The van der Waals surface area contributed by atoms with Gasteiger partial charge < -0.3 is 9.84 Å². The van der Waals surface area contributed by atoms with Gasteiger partial charge >= 0.3 is 5.97 Å². The SMILES string of the molecule is C=CCOC(=O)C(C)CCCC(C)(C)O. The van der Waals surface area contributed by atoms with Gasteiger partial charge in [-0.3, -0.25) is 4.79 Å². The Balaban J connectivity index is 3.68. The molecule has 0 saturated carbocycles. The molecule has 0 aliphatic carbocycles. The number of esters is 1. The number of carbonyl (C=O) groups excluding carboxylic acids is 1. The predicted octanol–water partition coefficient (Wildman–Crippen LogP) is 2.29. The Morgan fingerprint density at radius 1 is 1.60 bits per heavy atom. The number of aliphatic hydroxyl groups is 1. The molecular weight excluding hydrogens is 192 g/mol. The third-order valence-electron chi connectivity index (χ3n) is 2.17. The lowest BCUT2D eigenvalue weighted by Crippen LogP contribution is -2.20. The van der Waals surface area contributed by atoms with Gasteiger partial charge in [0, 0.05) is 0 Å². The van der Waals surface area contributed by atoms with E-state index >= 15 is 0 Å². The molecule has 0 aliphatic heterocycles. The molecule has 0 amide bonds. The Morgan fingerprint density at radius 2 is 2.20 bits per heavy atom. The van der Waals surface area contributed by atoms with Crippen LogP contribution in [-0.2, 0) is 9.53 Å². The molecule has 0 fully saturated rings. The molecule has 15 heavy (non-hydrogen) atoms. The number of rotatable bonds is 7. The summed E-state index contributed by atoms with van der Waals surface area (Å²) in [6.45, 7) is 9.13. The quantitative estimate of drug-likeness (QED) is 0.522. The summed E-state index contributed by atoms with van der Waals surface area (Å²) in [5.74, 6) is -0.294. The molecule has 0 aromatic rings. The summed E-state index contributed by atoms with van der Waals surface area (Å²) < 4.78 is 4.92. The summed E-state index contributed by atoms with van der Waals surface area (Å²) in [4.78, 5) is 11.3. The molecule has 0 radical (unpaired) electrons. The monoisotopic (exact) mass is 214 g/mol. The molecule has 0 aromatic carbocycles. The van der Waals surface area contributed by atoms with Crippen LogP contribution in [0.5, 0.6) is 0 Å². The summed E-state index contributed by atoms with van der Waals surface area (Å²) in [5.41, 5.74) is -0.648. The normalized spacial score (nSPS) is 13.3. The maximum Gasteiger partial charge on any atom is 0.308 e. The van der Waals surface area contributed by atoms with Crippen molar-refractivity contribution in [2.24, 2.45) is 5.92 Å². The van der Waals surface area contributed by atoms with Crippen LogP contribution in [0.25, 0.3) is 0 Å². The van der Waals surface area contributed by atoms with Gasteiger partial charge in [0.1, 0.15) is 6.61 Å². The van der Waals surface area contributed by atoms with Gasteiger partial charge in [0.2, 0.25) is 0 Å². The van der Waals surface area contributed by atoms with Crippen molar-refractivity contribution in [3.63, 3.8) is 0 Å². The highest BCUT2D eigenvalue weighted by Gasteiger charge is 2.17. The summed E-state index contributed by atoms with van der Waals surface area (Å²) >= 11 is 0.